The van der Waals surface area contributed by atoms with Crippen molar-refractivity contribution in [2.24, 2.45) is 12.0 Å². The summed E-state index contributed by atoms with van der Waals surface area (Å²) in [5.41, 5.74) is 6.90. The Morgan fingerprint density at radius 2 is 1.77 bits per heavy atom. The highest BCUT2D eigenvalue weighted by Crippen LogP contribution is 2.13. The van der Waals surface area contributed by atoms with Gasteiger partial charge in [-0.1, -0.05) is 18.2 Å². The highest BCUT2D eigenvalue weighted by Gasteiger charge is 2.10. The summed E-state index contributed by atoms with van der Waals surface area (Å²) in [4.78, 5) is 4.33. The molecule has 0 atom stereocenters. The molecule has 0 fully saturated rings. The van der Waals surface area contributed by atoms with E-state index >= 15 is 0 Å². The lowest BCUT2D eigenvalue weighted by Crippen LogP contribution is -2.37. The van der Waals surface area contributed by atoms with Crippen LogP contribution in [0.2, 0.25) is 0 Å². The number of aromatic nitrogens is 4. The van der Waals surface area contributed by atoms with Crippen LogP contribution in [0.5, 0.6) is 0 Å². The summed E-state index contributed by atoms with van der Waals surface area (Å²) < 4.78 is 3.87. The molecular weight excluding hydrogens is 489 g/mol. The van der Waals surface area contributed by atoms with Crippen LogP contribution in [0.25, 0.3) is 5.69 Å². The van der Waals surface area contributed by atoms with Gasteiger partial charge in [-0.25, -0.2) is 4.68 Å². The zero-order chi connectivity index (χ0) is 20.8. The summed E-state index contributed by atoms with van der Waals surface area (Å²) in [7, 11) is 3.77. The quantitative estimate of drug-likeness (QED) is 0.216. The largest absolute Gasteiger partial charge is 0.356 e. The van der Waals surface area contributed by atoms with Gasteiger partial charge in [0.05, 0.1) is 17.1 Å². The van der Waals surface area contributed by atoms with Crippen molar-refractivity contribution in [3.05, 3.63) is 64.7 Å². The lowest BCUT2D eigenvalue weighted by molar-refractivity contribution is 0.726. The minimum absolute atomic E-state index is 0. The van der Waals surface area contributed by atoms with Gasteiger partial charge in [-0.15, -0.1) is 24.0 Å². The Balaban J connectivity index is 0.00000320. The van der Waals surface area contributed by atoms with Crippen molar-refractivity contribution in [2.75, 3.05) is 13.6 Å². The number of hydrogen-bond donors (Lipinski definition) is 2. The van der Waals surface area contributed by atoms with Gasteiger partial charge in [-0.3, -0.25) is 9.67 Å². The lowest BCUT2D eigenvalue weighted by atomic mass is 10.1. The van der Waals surface area contributed by atoms with Gasteiger partial charge in [-0.2, -0.15) is 10.2 Å². The number of nitrogens with one attached hydrogen (secondary N) is 2. The van der Waals surface area contributed by atoms with Gasteiger partial charge in [0, 0.05) is 44.6 Å². The first-order chi connectivity index (χ1) is 14.0. The third-order valence-corrected chi connectivity index (χ3v) is 5.25. The molecule has 2 N–H and O–H groups in total. The van der Waals surface area contributed by atoms with Crippen molar-refractivity contribution < 1.29 is 0 Å². The fraction of sp³-hybridized carbons (Fsp3) is 0.409. The van der Waals surface area contributed by atoms with Crippen LogP contribution in [0.3, 0.4) is 0 Å². The van der Waals surface area contributed by atoms with Gasteiger partial charge in [-0.05, 0) is 51.3 Å². The number of halogens is 1. The summed E-state index contributed by atoms with van der Waals surface area (Å²) in [6, 6.07) is 10.2. The maximum absolute atomic E-state index is 4.64. The minimum Gasteiger partial charge on any atom is -0.356 e. The molecule has 3 rings (SSSR count). The van der Waals surface area contributed by atoms with E-state index in [9.17, 15) is 0 Å². The van der Waals surface area contributed by atoms with Crippen LogP contribution in [0.15, 0.2) is 41.5 Å². The topological polar surface area (TPSA) is 72.1 Å². The smallest absolute Gasteiger partial charge is 0.191 e. The number of para-hydroxylation sites is 1. The molecule has 0 saturated carbocycles. The molecule has 162 valence electrons. The zero-order valence-electron chi connectivity index (χ0n) is 18.4. The SMILES string of the molecule is CN=C(NCCCc1cn(-c2ccccc2)nc1C)NCc1c(C)nn(C)c1C.I. The van der Waals surface area contributed by atoms with Crippen molar-refractivity contribution in [3.8, 4) is 5.69 Å². The van der Waals surface area contributed by atoms with E-state index < -0.39 is 0 Å². The van der Waals surface area contributed by atoms with Crippen molar-refractivity contribution in [2.45, 2.75) is 40.2 Å². The van der Waals surface area contributed by atoms with Crippen molar-refractivity contribution in [1.29, 1.82) is 0 Å². The first-order valence-electron chi connectivity index (χ1n) is 10.0. The second-order valence-electron chi connectivity index (χ2n) is 7.25. The summed E-state index contributed by atoms with van der Waals surface area (Å²) in [5, 5.41) is 15.9. The maximum atomic E-state index is 4.64. The second kappa shape index (κ2) is 11.1. The van der Waals surface area contributed by atoms with Crippen LogP contribution in [0.4, 0.5) is 0 Å². The molecule has 0 aliphatic heterocycles. The summed E-state index contributed by atoms with van der Waals surface area (Å²) in [6.45, 7) is 7.76. The molecule has 0 amide bonds. The van der Waals surface area contributed by atoms with Gasteiger partial charge in [0.2, 0.25) is 0 Å². The molecular formula is C22H32IN7. The van der Waals surface area contributed by atoms with Crippen LogP contribution in [-0.2, 0) is 20.0 Å². The highest BCUT2D eigenvalue weighted by molar-refractivity contribution is 14.0. The minimum atomic E-state index is 0. The van der Waals surface area contributed by atoms with Crippen LogP contribution in [0, 0.1) is 20.8 Å². The number of aliphatic imine (C=N–C) groups is 1. The zero-order valence-corrected chi connectivity index (χ0v) is 20.8. The summed E-state index contributed by atoms with van der Waals surface area (Å²) in [5.74, 6) is 0.810. The second-order valence-corrected chi connectivity index (χ2v) is 7.25. The molecule has 0 bridgehead atoms. The van der Waals surface area contributed by atoms with E-state index in [0.29, 0.717) is 6.54 Å². The monoisotopic (exact) mass is 521 g/mol. The molecule has 0 spiro atoms. The van der Waals surface area contributed by atoms with Crippen LogP contribution < -0.4 is 10.6 Å². The molecule has 30 heavy (non-hydrogen) atoms. The normalized spacial score (nSPS) is 11.3. The van der Waals surface area contributed by atoms with Gasteiger partial charge in [0.1, 0.15) is 0 Å². The predicted octanol–water partition coefficient (Wildman–Crippen LogP) is 3.45. The Labute approximate surface area is 196 Å². The predicted molar refractivity (Wildman–Crippen MR) is 133 cm³/mol. The Morgan fingerprint density at radius 3 is 2.40 bits per heavy atom. The Morgan fingerprint density at radius 1 is 1.03 bits per heavy atom. The van der Waals surface area contributed by atoms with Crippen molar-refractivity contribution in [3.63, 3.8) is 0 Å². The molecule has 1 aromatic carbocycles. The average Bonchev–Trinajstić information content (AvgIpc) is 3.21. The molecule has 3 aromatic rings. The Bertz CT molecular complexity index is 973. The van der Waals surface area contributed by atoms with Crippen molar-refractivity contribution in [1.82, 2.24) is 30.2 Å². The van der Waals surface area contributed by atoms with E-state index in [2.05, 4.69) is 58.0 Å². The Kier molecular flexibility index (Phi) is 8.88. The maximum Gasteiger partial charge on any atom is 0.191 e. The Hall–Kier alpha value is -2.36. The van der Waals surface area contributed by atoms with E-state index in [1.54, 1.807) is 7.05 Å². The van der Waals surface area contributed by atoms with E-state index in [1.807, 2.05) is 41.5 Å². The molecule has 0 saturated heterocycles. The van der Waals surface area contributed by atoms with Gasteiger partial charge < -0.3 is 10.6 Å². The summed E-state index contributed by atoms with van der Waals surface area (Å²) in [6.07, 6.45) is 4.11. The average molecular weight is 521 g/mol. The molecule has 7 nitrogen and oxygen atoms in total. The molecule has 0 radical (unpaired) electrons. The van der Waals surface area contributed by atoms with Crippen molar-refractivity contribution >= 4 is 29.9 Å². The highest BCUT2D eigenvalue weighted by atomic mass is 127. The fourth-order valence-electron chi connectivity index (χ4n) is 3.41. The molecule has 0 unspecified atom stereocenters. The van der Waals surface area contributed by atoms with E-state index in [4.69, 9.17) is 0 Å². The molecule has 2 heterocycles. The number of benzene rings is 1. The number of rotatable bonds is 7. The number of nitrogens with zero attached hydrogens (tertiary/aromatic N) is 5. The fourth-order valence-corrected chi connectivity index (χ4v) is 3.41. The van der Waals surface area contributed by atoms with Gasteiger partial charge in [0.15, 0.2) is 5.96 Å². The number of hydrogen-bond acceptors (Lipinski definition) is 3. The molecule has 2 aromatic heterocycles. The van der Waals surface area contributed by atoms with Crippen LogP contribution in [-0.4, -0.2) is 39.1 Å². The molecule has 0 aliphatic carbocycles. The summed E-state index contributed by atoms with van der Waals surface area (Å²) >= 11 is 0. The van der Waals surface area contributed by atoms with Crippen LogP contribution >= 0.6 is 24.0 Å². The van der Waals surface area contributed by atoms with E-state index in [0.717, 1.165) is 42.4 Å². The lowest BCUT2D eigenvalue weighted by Gasteiger charge is -2.12. The molecule has 0 aliphatic rings. The first-order valence-corrected chi connectivity index (χ1v) is 10.0. The standard InChI is InChI=1S/C22H31N7.HI/c1-16-19(15-29(27-16)20-11-7-6-8-12-20)10-9-13-24-22(23-4)25-14-21-17(2)26-28(5)18(21)3;/h6-8,11-12,15H,9-10,13-14H2,1-5H3,(H2,23,24,25);1H. The van der Waals surface area contributed by atoms with Gasteiger partial charge in [0.25, 0.3) is 0 Å². The molecule has 8 heteroatoms. The third-order valence-electron chi connectivity index (χ3n) is 5.25. The number of guanidine groups is 1. The third kappa shape index (κ3) is 5.84. The van der Waals surface area contributed by atoms with E-state index in [-0.39, 0.29) is 24.0 Å². The van der Waals surface area contributed by atoms with Crippen LogP contribution in [0.1, 0.15) is 34.6 Å². The van der Waals surface area contributed by atoms with E-state index in [1.165, 1.54) is 16.8 Å². The van der Waals surface area contributed by atoms with Gasteiger partial charge >= 0.3 is 0 Å². The number of aryl methyl sites for hydroxylation is 4. The first kappa shape index (κ1) is 23.9.